The summed E-state index contributed by atoms with van der Waals surface area (Å²) in [6.45, 7) is 8.23. The maximum Gasteiger partial charge on any atom is 0.417 e. The third kappa shape index (κ3) is 9.51. The van der Waals surface area contributed by atoms with E-state index in [1.54, 1.807) is 7.11 Å². The molecule has 0 radical (unpaired) electrons. The maximum atomic E-state index is 13.0. The Labute approximate surface area is 213 Å². The lowest BCUT2D eigenvalue weighted by molar-refractivity contribution is -0.138. The number of methoxy groups -OCH3 is 1. The van der Waals surface area contributed by atoms with Gasteiger partial charge in [-0.2, -0.15) is 13.2 Å². The molecule has 0 saturated heterocycles. The molecule has 0 spiro atoms. The van der Waals surface area contributed by atoms with Gasteiger partial charge in [-0.15, -0.1) is 0 Å². The van der Waals surface area contributed by atoms with E-state index in [2.05, 4.69) is 34.7 Å². The van der Waals surface area contributed by atoms with E-state index < -0.39 is 17.8 Å². The Hall–Kier alpha value is -2.01. The van der Waals surface area contributed by atoms with Crippen LogP contribution in [0.15, 0.2) is 40.9 Å². The first-order valence-corrected chi connectivity index (χ1v) is 12.2. The SMILES string of the molecule is CCN(CC)CCOc1ccc(CN(C)CC(O)COc2ccc(Br)c(C(F)(F)F)c2)cc1OC. The molecule has 6 nitrogen and oxygen atoms in total. The van der Waals surface area contributed by atoms with E-state index in [0.29, 0.717) is 24.7 Å². The Morgan fingerprint density at radius 1 is 1.03 bits per heavy atom. The molecule has 0 heterocycles. The zero-order valence-electron chi connectivity index (χ0n) is 20.6. The Morgan fingerprint density at radius 2 is 1.74 bits per heavy atom. The largest absolute Gasteiger partial charge is 0.493 e. The van der Waals surface area contributed by atoms with Gasteiger partial charge in [0.2, 0.25) is 0 Å². The van der Waals surface area contributed by atoms with Crippen molar-refractivity contribution in [1.82, 2.24) is 9.80 Å². The number of hydrogen-bond donors (Lipinski definition) is 1. The van der Waals surface area contributed by atoms with Gasteiger partial charge in [-0.3, -0.25) is 4.90 Å². The zero-order valence-corrected chi connectivity index (χ0v) is 22.2. The molecule has 0 saturated carbocycles. The van der Waals surface area contributed by atoms with E-state index >= 15 is 0 Å². The molecule has 196 valence electrons. The van der Waals surface area contributed by atoms with Crippen LogP contribution >= 0.6 is 15.9 Å². The van der Waals surface area contributed by atoms with E-state index in [4.69, 9.17) is 14.2 Å². The minimum Gasteiger partial charge on any atom is -0.493 e. The van der Waals surface area contributed by atoms with Crippen LogP contribution in [0.25, 0.3) is 0 Å². The number of nitrogens with zero attached hydrogens (tertiary/aromatic N) is 2. The van der Waals surface area contributed by atoms with Gasteiger partial charge in [0.05, 0.1) is 12.7 Å². The van der Waals surface area contributed by atoms with Crippen LogP contribution in [0.3, 0.4) is 0 Å². The number of ether oxygens (including phenoxy) is 3. The lowest BCUT2D eigenvalue weighted by Crippen LogP contribution is -2.32. The molecule has 2 rings (SSSR count). The predicted octanol–water partition coefficient (Wildman–Crippen LogP) is 5.07. The third-order valence-electron chi connectivity index (χ3n) is 5.45. The molecule has 0 aromatic heterocycles. The molecule has 1 atom stereocenters. The van der Waals surface area contributed by atoms with Gasteiger partial charge in [0.25, 0.3) is 0 Å². The first kappa shape index (κ1) is 29.2. The number of hydrogen-bond acceptors (Lipinski definition) is 6. The second kappa shape index (κ2) is 13.9. The Kier molecular flexibility index (Phi) is 11.6. The molecule has 2 aromatic rings. The highest BCUT2D eigenvalue weighted by Crippen LogP contribution is 2.37. The third-order valence-corrected chi connectivity index (χ3v) is 6.14. The zero-order chi connectivity index (χ0) is 26.0. The summed E-state index contributed by atoms with van der Waals surface area (Å²) >= 11 is 2.90. The van der Waals surface area contributed by atoms with Crippen LogP contribution in [0.2, 0.25) is 0 Å². The number of likely N-dealkylation sites (N-methyl/N-ethyl adjacent to an activating group) is 2. The highest BCUT2D eigenvalue weighted by molar-refractivity contribution is 9.10. The molecule has 0 aliphatic rings. The van der Waals surface area contributed by atoms with Gasteiger partial charge in [0, 0.05) is 24.1 Å². The molecule has 1 N–H and O–H groups in total. The van der Waals surface area contributed by atoms with Crippen LogP contribution in [0.5, 0.6) is 17.2 Å². The second-order valence-electron chi connectivity index (χ2n) is 8.16. The van der Waals surface area contributed by atoms with Crippen molar-refractivity contribution in [3.8, 4) is 17.2 Å². The summed E-state index contributed by atoms with van der Waals surface area (Å²) in [6.07, 6.45) is -5.38. The normalized spacial score (nSPS) is 12.8. The molecular formula is C25H34BrF3N2O4. The molecule has 10 heteroatoms. The number of alkyl halides is 3. The quantitative estimate of drug-likeness (QED) is 0.347. The van der Waals surface area contributed by atoms with Gasteiger partial charge >= 0.3 is 6.18 Å². The summed E-state index contributed by atoms with van der Waals surface area (Å²) in [5.74, 6) is 1.35. The summed E-state index contributed by atoms with van der Waals surface area (Å²) < 4.78 is 55.8. The summed E-state index contributed by atoms with van der Waals surface area (Å²) in [7, 11) is 3.43. The number of aliphatic hydroxyl groups is 1. The Balaban J connectivity index is 1.87. The number of aliphatic hydroxyl groups excluding tert-OH is 1. The standard InChI is InChI=1S/C25H34BrF3N2O4/c1-5-31(6-2)11-12-34-23-10-7-18(13-24(23)33-4)15-30(3)16-19(32)17-35-20-8-9-22(26)21(14-20)25(27,28)29/h7-10,13-14,19,32H,5-6,11-12,15-17H2,1-4H3. The molecule has 0 aliphatic heterocycles. The smallest absolute Gasteiger partial charge is 0.417 e. The fraction of sp³-hybridized carbons (Fsp3) is 0.520. The highest BCUT2D eigenvalue weighted by Gasteiger charge is 2.33. The molecule has 0 aliphatic carbocycles. The molecule has 0 bridgehead atoms. The highest BCUT2D eigenvalue weighted by atomic mass is 79.9. The lowest BCUT2D eigenvalue weighted by Gasteiger charge is -2.22. The topological polar surface area (TPSA) is 54.4 Å². The van der Waals surface area contributed by atoms with Crippen molar-refractivity contribution in [2.24, 2.45) is 0 Å². The van der Waals surface area contributed by atoms with E-state index in [1.165, 1.54) is 12.1 Å². The van der Waals surface area contributed by atoms with E-state index in [9.17, 15) is 18.3 Å². The second-order valence-corrected chi connectivity index (χ2v) is 9.02. The van der Waals surface area contributed by atoms with Crippen LogP contribution in [0.4, 0.5) is 13.2 Å². The van der Waals surface area contributed by atoms with Crippen LogP contribution in [-0.4, -0.2) is 74.6 Å². The molecular weight excluding hydrogens is 529 g/mol. The monoisotopic (exact) mass is 562 g/mol. The minimum atomic E-state index is -4.50. The van der Waals surface area contributed by atoms with Crippen molar-refractivity contribution in [1.29, 1.82) is 0 Å². The average Bonchev–Trinajstić information content (AvgIpc) is 2.81. The predicted molar refractivity (Wildman–Crippen MR) is 133 cm³/mol. The van der Waals surface area contributed by atoms with Crippen molar-refractivity contribution in [3.63, 3.8) is 0 Å². The van der Waals surface area contributed by atoms with Crippen LogP contribution in [-0.2, 0) is 12.7 Å². The van der Waals surface area contributed by atoms with Crippen LogP contribution < -0.4 is 14.2 Å². The maximum absolute atomic E-state index is 13.0. The first-order chi connectivity index (χ1) is 16.6. The van der Waals surface area contributed by atoms with Gasteiger partial charge in [0.15, 0.2) is 11.5 Å². The Morgan fingerprint density at radius 3 is 2.37 bits per heavy atom. The van der Waals surface area contributed by atoms with Crippen molar-refractivity contribution < 1.29 is 32.5 Å². The number of benzene rings is 2. The van der Waals surface area contributed by atoms with Crippen molar-refractivity contribution in [2.75, 3.05) is 53.6 Å². The molecule has 0 fully saturated rings. The summed E-state index contributed by atoms with van der Waals surface area (Å²) in [6, 6.07) is 9.32. The van der Waals surface area contributed by atoms with Gasteiger partial charge < -0.3 is 24.2 Å². The fourth-order valence-electron chi connectivity index (χ4n) is 3.55. The fourth-order valence-corrected chi connectivity index (χ4v) is 4.02. The van der Waals surface area contributed by atoms with Crippen molar-refractivity contribution >= 4 is 15.9 Å². The molecule has 35 heavy (non-hydrogen) atoms. The lowest BCUT2D eigenvalue weighted by atomic mass is 10.2. The molecule has 1 unspecified atom stereocenters. The number of halogens is 4. The Bertz CT molecular complexity index is 926. The minimum absolute atomic E-state index is 0.0450. The summed E-state index contributed by atoms with van der Waals surface area (Å²) in [5, 5.41) is 10.3. The number of rotatable bonds is 14. The van der Waals surface area contributed by atoms with E-state index in [-0.39, 0.29) is 23.4 Å². The van der Waals surface area contributed by atoms with Crippen LogP contribution in [0.1, 0.15) is 25.0 Å². The van der Waals surface area contributed by atoms with Gasteiger partial charge in [-0.1, -0.05) is 35.8 Å². The van der Waals surface area contributed by atoms with E-state index in [0.717, 1.165) is 31.3 Å². The van der Waals surface area contributed by atoms with Crippen molar-refractivity contribution in [2.45, 2.75) is 32.7 Å². The summed E-state index contributed by atoms with van der Waals surface area (Å²) in [5.41, 5.74) is 0.146. The first-order valence-electron chi connectivity index (χ1n) is 11.5. The molecule has 0 amide bonds. The molecule has 2 aromatic carbocycles. The van der Waals surface area contributed by atoms with Crippen molar-refractivity contribution in [3.05, 3.63) is 52.0 Å². The van der Waals surface area contributed by atoms with Gasteiger partial charge in [-0.25, -0.2) is 0 Å². The average molecular weight is 563 g/mol. The summed E-state index contributed by atoms with van der Waals surface area (Å²) in [4.78, 5) is 4.17. The van der Waals surface area contributed by atoms with E-state index in [1.807, 2.05) is 30.1 Å². The van der Waals surface area contributed by atoms with Gasteiger partial charge in [-0.05, 0) is 56.0 Å². The van der Waals surface area contributed by atoms with Gasteiger partial charge in [0.1, 0.15) is 25.1 Å². The van der Waals surface area contributed by atoms with Crippen LogP contribution in [0, 0.1) is 0 Å².